The summed E-state index contributed by atoms with van der Waals surface area (Å²) in [6, 6.07) is 14.3. The lowest BCUT2D eigenvalue weighted by Crippen LogP contribution is -2.33. The molecule has 2 aromatic rings. The maximum absolute atomic E-state index is 11.9. The van der Waals surface area contributed by atoms with Gasteiger partial charge in [0.1, 0.15) is 0 Å². The summed E-state index contributed by atoms with van der Waals surface area (Å²) >= 11 is 0. The lowest BCUT2D eigenvalue weighted by Gasteiger charge is -2.28. The van der Waals surface area contributed by atoms with E-state index in [9.17, 15) is 4.79 Å². The molecule has 3 rings (SSSR count). The number of nitrogens with zero attached hydrogens (tertiary/aromatic N) is 4. The van der Waals surface area contributed by atoms with Gasteiger partial charge in [0.15, 0.2) is 11.5 Å². The summed E-state index contributed by atoms with van der Waals surface area (Å²) in [6.07, 6.45) is 1.15. The highest BCUT2D eigenvalue weighted by atomic mass is 16.2. The summed E-state index contributed by atoms with van der Waals surface area (Å²) < 4.78 is 0. The predicted octanol–water partition coefficient (Wildman–Crippen LogP) is 2.98. The van der Waals surface area contributed by atoms with Gasteiger partial charge in [-0.25, -0.2) is 0 Å². The fraction of sp³-hybridized carbons (Fsp3) is 0.450. The van der Waals surface area contributed by atoms with E-state index in [1.165, 1.54) is 10.5 Å². The van der Waals surface area contributed by atoms with Crippen LogP contribution in [0.15, 0.2) is 42.5 Å². The highest BCUT2D eigenvalue weighted by Gasteiger charge is 2.62. The monoisotopic (exact) mass is 338 g/mol. The van der Waals surface area contributed by atoms with Gasteiger partial charge in [-0.1, -0.05) is 44.2 Å². The van der Waals surface area contributed by atoms with E-state index < -0.39 is 0 Å². The number of carbonyl (C=O) groups excluding carboxylic acids is 1. The summed E-state index contributed by atoms with van der Waals surface area (Å²) in [6.45, 7) is 5.51. The maximum atomic E-state index is 11.9. The molecule has 1 fully saturated rings. The molecule has 132 valence electrons. The van der Waals surface area contributed by atoms with Gasteiger partial charge in [0.25, 0.3) is 5.91 Å². The molecule has 1 aliphatic carbocycles. The summed E-state index contributed by atoms with van der Waals surface area (Å²) in [5.74, 6) is 0.652. The zero-order chi connectivity index (χ0) is 18.2. The van der Waals surface area contributed by atoms with E-state index in [2.05, 4.69) is 59.3 Å². The van der Waals surface area contributed by atoms with Gasteiger partial charge in [0.05, 0.1) is 0 Å². The van der Waals surface area contributed by atoms with Gasteiger partial charge in [-0.15, -0.1) is 10.2 Å². The topological polar surface area (TPSA) is 49.3 Å². The van der Waals surface area contributed by atoms with Crippen LogP contribution in [-0.2, 0) is 5.41 Å². The van der Waals surface area contributed by atoms with E-state index in [4.69, 9.17) is 0 Å². The van der Waals surface area contributed by atoms with Crippen molar-refractivity contribution in [3.8, 4) is 0 Å². The van der Waals surface area contributed by atoms with Crippen LogP contribution in [0.4, 0.5) is 5.82 Å². The summed E-state index contributed by atoms with van der Waals surface area (Å²) in [5.41, 5.74) is 2.13. The van der Waals surface area contributed by atoms with Crippen LogP contribution in [0, 0.1) is 5.41 Å². The summed E-state index contributed by atoms with van der Waals surface area (Å²) in [7, 11) is 5.46. The first kappa shape index (κ1) is 17.4. The Balaban J connectivity index is 1.80. The summed E-state index contributed by atoms with van der Waals surface area (Å²) in [4.78, 5) is 15.6. The van der Waals surface area contributed by atoms with Crippen molar-refractivity contribution in [2.75, 3.05) is 32.6 Å². The third-order valence-electron chi connectivity index (χ3n) is 5.41. The predicted molar refractivity (Wildman–Crippen MR) is 99.8 cm³/mol. The number of hydrogen-bond acceptors (Lipinski definition) is 4. The van der Waals surface area contributed by atoms with Crippen molar-refractivity contribution in [2.45, 2.75) is 25.7 Å². The van der Waals surface area contributed by atoms with E-state index in [0.717, 1.165) is 18.8 Å². The van der Waals surface area contributed by atoms with Crippen molar-refractivity contribution in [1.82, 2.24) is 15.1 Å². The molecule has 1 aromatic heterocycles. The molecular formula is C20H26N4O. The fourth-order valence-corrected chi connectivity index (χ4v) is 3.68. The van der Waals surface area contributed by atoms with Crippen molar-refractivity contribution in [2.24, 2.45) is 5.41 Å². The van der Waals surface area contributed by atoms with Crippen molar-refractivity contribution >= 4 is 11.7 Å². The lowest BCUT2D eigenvalue weighted by atomic mass is 9.87. The number of rotatable bonds is 5. The van der Waals surface area contributed by atoms with E-state index in [1.54, 1.807) is 20.2 Å². The molecule has 1 unspecified atom stereocenters. The number of aromatic nitrogens is 2. The zero-order valence-corrected chi connectivity index (χ0v) is 15.7. The highest BCUT2D eigenvalue weighted by molar-refractivity contribution is 5.91. The minimum atomic E-state index is -0.134. The minimum Gasteiger partial charge on any atom is -0.357 e. The van der Waals surface area contributed by atoms with Gasteiger partial charge in [0.2, 0.25) is 0 Å². The van der Waals surface area contributed by atoms with Crippen molar-refractivity contribution in [3.63, 3.8) is 0 Å². The molecule has 1 atom stereocenters. The first-order chi connectivity index (χ1) is 11.8. The SMILES string of the molecule is CN(C)C(=O)c1ccc(N(C)CC2(c3ccccc3)CC2(C)C)nn1. The molecule has 1 saturated carbocycles. The first-order valence-electron chi connectivity index (χ1n) is 8.59. The Morgan fingerprint density at radius 2 is 1.68 bits per heavy atom. The van der Waals surface area contributed by atoms with Crippen LogP contribution >= 0.6 is 0 Å². The Hall–Kier alpha value is -2.43. The molecule has 0 N–H and O–H groups in total. The molecule has 25 heavy (non-hydrogen) atoms. The Labute approximate surface area is 149 Å². The van der Waals surface area contributed by atoms with E-state index in [1.807, 2.05) is 13.1 Å². The van der Waals surface area contributed by atoms with E-state index in [-0.39, 0.29) is 16.7 Å². The fourth-order valence-electron chi connectivity index (χ4n) is 3.68. The Morgan fingerprint density at radius 1 is 1.04 bits per heavy atom. The van der Waals surface area contributed by atoms with Crippen molar-refractivity contribution < 1.29 is 4.79 Å². The van der Waals surface area contributed by atoms with Gasteiger partial charge in [0, 0.05) is 33.1 Å². The molecule has 5 nitrogen and oxygen atoms in total. The highest BCUT2D eigenvalue weighted by Crippen LogP contribution is 2.64. The summed E-state index contributed by atoms with van der Waals surface area (Å²) in [5, 5.41) is 8.36. The molecule has 0 bridgehead atoms. The van der Waals surface area contributed by atoms with Crippen LogP contribution in [0.5, 0.6) is 0 Å². The number of hydrogen-bond donors (Lipinski definition) is 0. The average Bonchev–Trinajstić information content (AvgIpc) is 3.16. The molecule has 1 amide bonds. The van der Waals surface area contributed by atoms with E-state index in [0.29, 0.717) is 5.69 Å². The number of benzene rings is 1. The van der Waals surface area contributed by atoms with Gasteiger partial charge in [-0.3, -0.25) is 4.79 Å². The standard InChI is InChI=1S/C20H26N4O/c1-19(2)13-20(19,15-9-7-6-8-10-15)14-24(5)17-12-11-16(21-22-17)18(25)23(3)4/h6-12H,13-14H2,1-5H3. The van der Waals surface area contributed by atoms with Crippen molar-refractivity contribution in [1.29, 1.82) is 0 Å². The van der Waals surface area contributed by atoms with E-state index >= 15 is 0 Å². The van der Waals surface area contributed by atoms with Gasteiger partial charge < -0.3 is 9.80 Å². The normalized spacial score (nSPS) is 20.8. The third-order valence-corrected chi connectivity index (χ3v) is 5.41. The van der Waals surface area contributed by atoms with Gasteiger partial charge >= 0.3 is 0 Å². The maximum Gasteiger partial charge on any atom is 0.273 e. The molecule has 0 aliphatic heterocycles. The average molecular weight is 338 g/mol. The largest absolute Gasteiger partial charge is 0.357 e. The molecular weight excluding hydrogens is 312 g/mol. The Morgan fingerprint density at radius 3 is 2.16 bits per heavy atom. The van der Waals surface area contributed by atoms with Gasteiger partial charge in [-0.2, -0.15) is 0 Å². The molecule has 1 aliphatic rings. The van der Waals surface area contributed by atoms with Crippen LogP contribution < -0.4 is 4.90 Å². The molecule has 0 radical (unpaired) electrons. The lowest BCUT2D eigenvalue weighted by molar-refractivity contribution is 0.0821. The van der Waals surface area contributed by atoms with Crippen LogP contribution in [0.1, 0.15) is 36.3 Å². The number of carbonyl (C=O) groups is 1. The number of amides is 1. The molecule has 1 aromatic carbocycles. The van der Waals surface area contributed by atoms with Crippen molar-refractivity contribution in [3.05, 3.63) is 53.7 Å². The van der Waals surface area contributed by atoms with Crippen LogP contribution in [0.2, 0.25) is 0 Å². The molecule has 0 spiro atoms. The Bertz CT molecular complexity index is 755. The number of anilines is 1. The van der Waals surface area contributed by atoms with Gasteiger partial charge in [-0.05, 0) is 29.5 Å². The zero-order valence-electron chi connectivity index (χ0n) is 15.7. The first-order valence-corrected chi connectivity index (χ1v) is 8.59. The quantitative estimate of drug-likeness (QED) is 0.841. The third kappa shape index (κ3) is 3.11. The molecule has 5 heteroatoms. The Kier molecular flexibility index (Phi) is 4.27. The smallest absolute Gasteiger partial charge is 0.273 e. The number of likely N-dealkylation sites (N-methyl/N-ethyl adjacent to an activating group) is 1. The molecule has 0 saturated heterocycles. The second-order valence-corrected chi connectivity index (χ2v) is 7.84. The second kappa shape index (κ2) is 6.14. The van der Waals surface area contributed by atoms with Crippen LogP contribution in [0.3, 0.4) is 0 Å². The second-order valence-electron chi connectivity index (χ2n) is 7.84. The molecule has 1 heterocycles. The van der Waals surface area contributed by atoms with Crippen LogP contribution in [0.25, 0.3) is 0 Å². The minimum absolute atomic E-state index is 0.128. The van der Waals surface area contributed by atoms with Crippen LogP contribution in [-0.4, -0.2) is 48.7 Å².